The normalized spacial score (nSPS) is 10.3. The Hall–Kier alpha value is -1.69. The lowest BCUT2D eigenvalue weighted by molar-refractivity contribution is 0.631. The van der Waals surface area contributed by atoms with E-state index in [0.717, 1.165) is 18.8 Å². The smallest absolute Gasteiger partial charge is 0.147 e. The van der Waals surface area contributed by atoms with Gasteiger partial charge in [0.1, 0.15) is 23.8 Å². The summed E-state index contributed by atoms with van der Waals surface area (Å²) in [7, 11) is 0. The van der Waals surface area contributed by atoms with E-state index in [-0.39, 0.29) is 5.82 Å². The van der Waals surface area contributed by atoms with E-state index < -0.39 is 0 Å². The third-order valence-electron chi connectivity index (χ3n) is 2.42. The van der Waals surface area contributed by atoms with E-state index in [0.29, 0.717) is 16.0 Å². The Kier molecular flexibility index (Phi) is 4.68. The average molecular weight is 325 g/mol. The Morgan fingerprint density at radius 3 is 2.74 bits per heavy atom. The van der Waals surface area contributed by atoms with Gasteiger partial charge in [0, 0.05) is 17.1 Å². The van der Waals surface area contributed by atoms with Crippen LogP contribution in [0.2, 0.25) is 0 Å². The first kappa shape index (κ1) is 13.7. The lowest BCUT2D eigenvalue weighted by atomic mass is 10.3. The molecule has 0 radical (unpaired) electrons. The van der Waals surface area contributed by atoms with Crippen LogP contribution in [0.4, 0.5) is 21.7 Å². The van der Waals surface area contributed by atoms with Crippen LogP contribution in [0.1, 0.15) is 13.3 Å². The third kappa shape index (κ3) is 3.89. The molecule has 0 aliphatic rings. The number of nitrogens with zero attached hydrogens (tertiary/aromatic N) is 2. The van der Waals surface area contributed by atoms with E-state index in [9.17, 15) is 4.39 Å². The SMILES string of the molecule is CCCNc1cc(Nc2ccc(Br)cc2F)ncn1. The molecule has 6 heteroatoms. The van der Waals surface area contributed by atoms with Gasteiger partial charge in [0.25, 0.3) is 0 Å². The molecule has 2 rings (SSSR count). The first-order chi connectivity index (χ1) is 9.19. The van der Waals surface area contributed by atoms with E-state index in [1.165, 1.54) is 12.4 Å². The summed E-state index contributed by atoms with van der Waals surface area (Å²) < 4.78 is 14.4. The van der Waals surface area contributed by atoms with Gasteiger partial charge in [-0.15, -0.1) is 0 Å². The van der Waals surface area contributed by atoms with Crippen molar-refractivity contribution in [1.29, 1.82) is 0 Å². The molecule has 0 aliphatic carbocycles. The van der Waals surface area contributed by atoms with Crippen LogP contribution in [0, 0.1) is 5.82 Å². The molecular formula is C13H14BrFN4. The maximum atomic E-state index is 13.7. The van der Waals surface area contributed by atoms with Crippen molar-refractivity contribution in [2.75, 3.05) is 17.2 Å². The Balaban J connectivity index is 2.14. The predicted molar refractivity (Wildman–Crippen MR) is 78.2 cm³/mol. The van der Waals surface area contributed by atoms with Crippen molar-refractivity contribution < 1.29 is 4.39 Å². The van der Waals surface area contributed by atoms with Gasteiger partial charge >= 0.3 is 0 Å². The first-order valence-electron chi connectivity index (χ1n) is 5.97. The predicted octanol–water partition coefficient (Wildman–Crippen LogP) is 3.94. The van der Waals surface area contributed by atoms with Gasteiger partial charge in [-0.3, -0.25) is 0 Å². The molecule has 0 saturated heterocycles. The molecular weight excluding hydrogens is 311 g/mol. The Morgan fingerprint density at radius 2 is 2.00 bits per heavy atom. The largest absolute Gasteiger partial charge is 0.370 e. The Bertz CT molecular complexity index is 562. The van der Waals surface area contributed by atoms with Gasteiger partial charge in [0.05, 0.1) is 5.69 Å². The molecule has 0 atom stereocenters. The molecule has 0 fully saturated rings. The van der Waals surface area contributed by atoms with Crippen LogP contribution in [-0.4, -0.2) is 16.5 Å². The first-order valence-corrected chi connectivity index (χ1v) is 6.76. The standard InChI is InChI=1S/C13H14BrFN4/c1-2-5-16-12-7-13(18-8-17-12)19-11-4-3-9(14)6-10(11)15/h3-4,6-8H,2,5H2,1H3,(H2,16,17,18,19). The van der Waals surface area contributed by atoms with E-state index in [1.54, 1.807) is 18.2 Å². The molecule has 2 N–H and O–H groups in total. The molecule has 0 spiro atoms. The second-order valence-electron chi connectivity index (χ2n) is 3.96. The van der Waals surface area contributed by atoms with Crippen LogP contribution in [0.5, 0.6) is 0 Å². The van der Waals surface area contributed by atoms with Gasteiger partial charge in [-0.2, -0.15) is 0 Å². The van der Waals surface area contributed by atoms with Gasteiger partial charge in [-0.1, -0.05) is 22.9 Å². The lowest BCUT2D eigenvalue weighted by Gasteiger charge is -2.09. The number of rotatable bonds is 5. The van der Waals surface area contributed by atoms with Gasteiger partial charge < -0.3 is 10.6 Å². The van der Waals surface area contributed by atoms with Crippen molar-refractivity contribution in [3.8, 4) is 0 Å². The topological polar surface area (TPSA) is 49.8 Å². The number of hydrogen-bond donors (Lipinski definition) is 2. The van der Waals surface area contributed by atoms with E-state index in [1.807, 2.05) is 0 Å². The number of nitrogens with one attached hydrogen (secondary N) is 2. The molecule has 1 aromatic carbocycles. The minimum Gasteiger partial charge on any atom is -0.370 e. The van der Waals surface area contributed by atoms with Crippen molar-refractivity contribution in [1.82, 2.24) is 9.97 Å². The highest BCUT2D eigenvalue weighted by Crippen LogP contribution is 2.22. The van der Waals surface area contributed by atoms with Crippen LogP contribution in [0.15, 0.2) is 35.1 Å². The Morgan fingerprint density at radius 1 is 1.21 bits per heavy atom. The fourth-order valence-corrected chi connectivity index (χ4v) is 1.84. The lowest BCUT2D eigenvalue weighted by Crippen LogP contribution is -2.03. The highest BCUT2D eigenvalue weighted by atomic mass is 79.9. The summed E-state index contributed by atoms with van der Waals surface area (Å²) in [5, 5.41) is 6.08. The second kappa shape index (κ2) is 6.47. The summed E-state index contributed by atoms with van der Waals surface area (Å²) in [5.74, 6) is 0.933. The zero-order valence-electron chi connectivity index (χ0n) is 10.5. The molecule has 100 valence electrons. The van der Waals surface area contributed by atoms with Gasteiger partial charge in [-0.05, 0) is 24.6 Å². The summed E-state index contributed by atoms with van der Waals surface area (Å²) in [6, 6.07) is 6.57. The van der Waals surface area contributed by atoms with E-state index in [2.05, 4.69) is 43.5 Å². The van der Waals surface area contributed by atoms with Gasteiger partial charge in [0.2, 0.25) is 0 Å². The molecule has 1 heterocycles. The third-order valence-corrected chi connectivity index (χ3v) is 2.91. The zero-order valence-corrected chi connectivity index (χ0v) is 12.0. The van der Waals surface area contributed by atoms with Gasteiger partial charge in [0.15, 0.2) is 0 Å². The van der Waals surface area contributed by atoms with Crippen LogP contribution < -0.4 is 10.6 Å². The molecule has 1 aromatic heterocycles. The number of anilines is 3. The van der Waals surface area contributed by atoms with E-state index >= 15 is 0 Å². The monoisotopic (exact) mass is 324 g/mol. The fraction of sp³-hybridized carbons (Fsp3) is 0.231. The van der Waals surface area contributed by atoms with E-state index in [4.69, 9.17) is 0 Å². The van der Waals surface area contributed by atoms with Crippen molar-refractivity contribution >= 4 is 33.3 Å². The van der Waals surface area contributed by atoms with Crippen LogP contribution in [0.3, 0.4) is 0 Å². The van der Waals surface area contributed by atoms with Crippen molar-refractivity contribution in [2.45, 2.75) is 13.3 Å². The minimum absolute atomic E-state index is 0.337. The molecule has 0 saturated carbocycles. The van der Waals surface area contributed by atoms with Crippen LogP contribution >= 0.6 is 15.9 Å². The summed E-state index contributed by atoms with van der Waals surface area (Å²) in [6.45, 7) is 2.91. The average Bonchev–Trinajstić information content (AvgIpc) is 2.40. The molecule has 4 nitrogen and oxygen atoms in total. The summed E-state index contributed by atoms with van der Waals surface area (Å²) in [5.41, 5.74) is 0.378. The second-order valence-corrected chi connectivity index (χ2v) is 4.88. The molecule has 2 aromatic rings. The van der Waals surface area contributed by atoms with Crippen LogP contribution in [0.25, 0.3) is 0 Å². The van der Waals surface area contributed by atoms with Gasteiger partial charge in [-0.25, -0.2) is 14.4 Å². The molecule has 0 amide bonds. The summed E-state index contributed by atoms with van der Waals surface area (Å²) in [4.78, 5) is 8.16. The molecule has 0 unspecified atom stereocenters. The minimum atomic E-state index is -0.337. The molecule has 19 heavy (non-hydrogen) atoms. The maximum absolute atomic E-state index is 13.7. The van der Waals surface area contributed by atoms with Crippen molar-refractivity contribution in [3.63, 3.8) is 0 Å². The Labute approximate surface area is 119 Å². The highest BCUT2D eigenvalue weighted by molar-refractivity contribution is 9.10. The number of hydrogen-bond acceptors (Lipinski definition) is 4. The number of benzene rings is 1. The highest BCUT2D eigenvalue weighted by Gasteiger charge is 2.04. The van der Waals surface area contributed by atoms with Crippen LogP contribution in [-0.2, 0) is 0 Å². The molecule has 0 bridgehead atoms. The summed E-state index contributed by atoms with van der Waals surface area (Å²) >= 11 is 3.22. The maximum Gasteiger partial charge on any atom is 0.147 e. The number of halogens is 2. The fourth-order valence-electron chi connectivity index (χ4n) is 1.50. The van der Waals surface area contributed by atoms with Crippen molar-refractivity contribution in [3.05, 3.63) is 40.9 Å². The number of aromatic nitrogens is 2. The van der Waals surface area contributed by atoms with Crippen molar-refractivity contribution in [2.24, 2.45) is 0 Å². The zero-order chi connectivity index (χ0) is 13.7. The quantitative estimate of drug-likeness (QED) is 0.874. The summed E-state index contributed by atoms with van der Waals surface area (Å²) in [6.07, 6.45) is 2.45. The molecule has 0 aliphatic heterocycles.